The van der Waals surface area contributed by atoms with Gasteiger partial charge in [-0.05, 0) is 31.4 Å². The van der Waals surface area contributed by atoms with Crippen LogP contribution in [-0.4, -0.2) is 58.0 Å². The first-order valence-electron chi connectivity index (χ1n) is 9.34. The van der Waals surface area contributed by atoms with Gasteiger partial charge in [0.25, 0.3) is 0 Å². The van der Waals surface area contributed by atoms with Crippen molar-refractivity contribution >= 4 is 54.0 Å². The molecule has 2 aromatic heterocycles. The SMILES string of the molecule is Cc1ccc2nc(CSCC(=O)N3CCCC(C(=O)NCCN)C3)cn2c1.Cl.Cl. The van der Waals surface area contributed by atoms with Gasteiger partial charge in [0.05, 0.1) is 17.4 Å². The number of nitrogens with two attached hydrogens (primary N) is 1. The van der Waals surface area contributed by atoms with Gasteiger partial charge in [0.2, 0.25) is 11.8 Å². The lowest BCUT2D eigenvalue weighted by atomic mass is 9.97. The van der Waals surface area contributed by atoms with Gasteiger partial charge < -0.3 is 20.4 Å². The molecule has 0 spiro atoms. The lowest BCUT2D eigenvalue weighted by Gasteiger charge is -2.32. The van der Waals surface area contributed by atoms with Gasteiger partial charge in [0.15, 0.2) is 0 Å². The summed E-state index contributed by atoms with van der Waals surface area (Å²) in [6.45, 7) is 4.20. The number of carbonyl (C=O) groups excluding carboxylic acids is 2. The molecule has 10 heteroatoms. The van der Waals surface area contributed by atoms with Gasteiger partial charge >= 0.3 is 0 Å². The Labute approximate surface area is 188 Å². The van der Waals surface area contributed by atoms with Crippen LogP contribution < -0.4 is 11.1 Å². The number of fused-ring (bicyclic) bond motifs is 1. The van der Waals surface area contributed by atoms with Crippen molar-refractivity contribution < 1.29 is 9.59 Å². The van der Waals surface area contributed by atoms with Crippen molar-refractivity contribution in [3.8, 4) is 0 Å². The minimum absolute atomic E-state index is 0. The van der Waals surface area contributed by atoms with Crippen LogP contribution in [-0.2, 0) is 15.3 Å². The van der Waals surface area contributed by atoms with E-state index in [2.05, 4.69) is 17.2 Å². The Morgan fingerprint density at radius 2 is 2.10 bits per heavy atom. The summed E-state index contributed by atoms with van der Waals surface area (Å²) < 4.78 is 2.02. The van der Waals surface area contributed by atoms with Crippen LogP contribution in [0.15, 0.2) is 24.5 Å². The molecule has 2 amide bonds. The van der Waals surface area contributed by atoms with Gasteiger partial charge in [-0.25, -0.2) is 4.98 Å². The first kappa shape index (κ1) is 25.6. The molecule has 1 aliphatic heterocycles. The van der Waals surface area contributed by atoms with Gasteiger partial charge in [-0.3, -0.25) is 9.59 Å². The van der Waals surface area contributed by atoms with Crippen LogP contribution in [0.1, 0.15) is 24.1 Å². The summed E-state index contributed by atoms with van der Waals surface area (Å²) >= 11 is 1.57. The van der Waals surface area contributed by atoms with Crippen molar-refractivity contribution in [3.63, 3.8) is 0 Å². The topological polar surface area (TPSA) is 92.7 Å². The van der Waals surface area contributed by atoms with Crippen molar-refractivity contribution in [1.29, 1.82) is 0 Å². The van der Waals surface area contributed by atoms with E-state index in [1.54, 1.807) is 11.8 Å². The highest BCUT2D eigenvalue weighted by Gasteiger charge is 2.28. The second-order valence-electron chi connectivity index (χ2n) is 6.96. The molecule has 0 aromatic carbocycles. The van der Waals surface area contributed by atoms with Crippen LogP contribution in [0.3, 0.4) is 0 Å². The maximum absolute atomic E-state index is 12.5. The van der Waals surface area contributed by atoms with E-state index in [0.717, 1.165) is 30.7 Å². The Morgan fingerprint density at radius 1 is 1.31 bits per heavy atom. The zero-order valence-corrected chi connectivity index (χ0v) is 19.0. The molecule has 3 heterocycles. The number of nitrogens with zero attached hydrogens (tertiary/aromatic N) is 3. The zero-order valence-electron chi connectivity index (χ0n) is 16.5. The number of halogens is 2. The number of hydrogen-bond donors (Lipinski definition) is 2. The minimum Gasteiger partial charge on any atom is -0.355 e. The Bertz CT molecular complexity index is 817. The molecule has 29 heavy (non-hydrogen) atoms. The van der Waals surface area contributed by atoms with E-state index < -0.39 is 0 Å². The first-order chi connectivity index (χ1) is 13.1. The number of thioether (sulfide) groups is 1. The smallest absolute Gasteiger partial charge is 0.232 e. The molecule has 3 rings (SSSR count). The van der Waals surface area contributed by atoms with Gasteiger partial charge in [0, 0.05) is 44.3 Å². The molecule has 7 nitrogen and oxygen atoms in total. The number of carbonyl (C=O) groups is 2. The number of pyridine rings is 1. The van der Waals surface area contributed by atoms with Crippen LogP contribution in [0.4, 0.5) is 0 Å². The summed E-state index contributed by atoms with van der Waals surface area (Å²) in [6, 6.07) is 4.04. The Balaban J connectivity index is 0.00000210. The third-order valence-corrected chi connectivity index (χ3v) is 5.66. The molecule has 3 N–H and O–H groups in total. The number of rotatable bonds is 7. The summed E-state index contributed by atoms with van der Waals surface area (Å²) in [5, 5.41) is 2.83. The number of nitrogens with one attached hydrogen (secondary N) is 1. The molecule has 1 saturated heterocycles. The number of aromatic nitrogens is 2. The molecule has 1 fully saturated rings. The van der Waals surface area contributed by atoms with Gasteiger partial charge in [-0.2, -0.15) is 0 Å². The van der Waals surface area contributed by atoms with E-state index in [4.69, 9.17) is 5.73 Å². The van der Waals surface area contributed by atoms with Gasteiger partial charge in [-0.15, -0.1) is 36.6 Å². The molecular weight excluding hydrogens is 433 g/mol. The van der Waals surface area contributed by atoms with Gasteiger partial charge in [0.1, 0.15) is 5.65 Å². The summed E-state index contributed by atoms with van der Waals surface area (Å²) in [5.41, 5.74) is 8.50. The fourth-order valence-electron chi connectivity index (χ4n) is 3.32. The molecule has 0 aliphatic carbocycles. The number of hydrogen-bond acceptors (Lipinski definition) is 5. The van der Waals surface area contributed by atoms with Crippen molar-refractivity contribution in [3.05, 3.63) is 35.8 Å². The molecule has 1 atom stereocenters. The minimum atomic E-state index is -0.124. The quantitative estimate of drug-likeness (QED) is 0.657. The van der Waals surface area contributed by atoms with E-state index in [1.165, 1.54) is 5.56 Å². The fourth-order valence-corrected chi connectivity index (χ4v) is 4.12. The maximum Gasteiger partial charge on any atom is 0.232 e. The molecule has 0 radical (unpaired) electrons. The monoisotopic (exact) mass is 461 g/mol. The van der Waals surface area contributed by atoms with Crippen LogP contribution in [0.2, 0.25) is 0 Å². The average Bonchev–Trinajstić information content (AvgIpc) is 3.07. The fraction of sp³-hybridized carbons (Fsp3) is 0.526. The largest absolute Gasteiger partial charge is 0.355 e. The third kappa shape index (κ3) is 7.06. The summed E-state index contributed by atoms with van der Waals surface area (Å²) in [6.07, 6.45) is 5.75. The number of aryl methyl sites for hydroxylation is 1. The van der Waals surface area contributed by atoms with Crippen molar-refractivity contribution in [2.45, 2.75) is 25.5 Å². The third-order valence-electron chi connectivity index (χ3n) is 4.71. The second kappa shape index (κ2) is 12.3. The predicted octanol–water partition coefficient (Wildman–Crippen LogP) is 2.03. The highest BCUT2D eigenvalue weighted by atomic mass is 35.5. The average molecular weight is 462 g/mol. The Hall–Kier alpha value is -1.48. The Morgan fingerprint density at radius 3 is 2.86 bits per heavy atom. The van der Waals surface area contributed by atoms with E-state index in [1.807, 2.05) is 33.8 Å². The van der Waals surface area contributed by atoms with E-state index in [0.29, 0.717) is 31.1 Å². The van der Waals surface area contributed by atoms with Crippen LogP contribution in [0.25, 0.3) is 5.65 Å². The molecule has 0 saturated carbocycles. The molecular formula is C19H29Cl2N5O2S. The van der Waals surface area contributed by atoms with Crippen LogP contribution in [0.5, 0.6) is 0 Å². The number of amides is 2. The molecule has 1 aliphatic rings. The second-order valence-corrected chi connectivity index (χ2v) is 7.94. The zero-order chi connectivity index (χ0) is 19.2. The van der Waals surface area contributed by atoms with Crippen molar-refractivity contribution in [2.75, 3.05) is 31.9 Å². The lowest BCUT2D eigenvalue weighted by molar-refractivity contribution is -0.133. The van der Waals surface area contributed by atoms with Gasteiger partial charge in [-0.1, -0.05) is 6.07 Å². The van der Waals surface area contributed by atoms with Crippen molar-refractivity contribution in [1.82, 2.24) is 19.6 Å². The normalized spacial score (nSPS) is 16.1. The number of likely N-dealkylation sites (tertiary alicyclic amines) is 1. The van der Waals surface area contributed by atoms with E-state index >= 15 is 0 Å². The van der Waals surface area contributed by atoms with Crippen LogP contribution in [0, 0.1) is 12.8 Å². The highest BCUT2D eigenvalue weighted by molar-refractivity contribution is 7.99. The van der Waals surface area contributed by atoms with E-state index in [-0.39, 0.29) is 42.5 Å². The first-order valence-corrected chi connectivity index (χ1v) is 10.5. The summed E-state index contributed by atoms with van der Waals surface area (Å²) in [5.74, 6) is 1.08. The predicted molar refractivity (Wildman–Crippen MR) is 122 cm³/mol. The maximum atomic E-state index is 12.5. The Kier molecular flexibility index (Phi) is 10.8. The molecule has 1 unspecified atom stereocenters. The van der Waals surface area contributed by atoms with Crippen LogP contribution >= 0.6 is 36.6 Å². The molecule has 162 valence electrons. The number of imidazole rings is 1. The molecule has 0 bridgehead atoms. The summed E-state index contributed by atoms with van der Waals surface area (Å²) in [7, 11) is 0. The lowest BCUT2D eigenvalue weighted by Crippen LogP contribution is -2.46. The van der Waals surface area contributed by atoms with E-state index in [9.17, 15) is 9.59 Å². The summed E-state index contributed by atoms with van der Waals surface area (Å²) in [4.78, 5) is 31.0. The standard InChI is InChI=1S/C19H27N5O2S.2ClH/c1-14-4-5-17-22-16(11-24(17)9-14)12-27-13-18(25)23-8-2-3-15(10-23)19(26)21-7-6-20;;/h4-5,9,11,15H,2-3,6-8,10,12-13,20H2,1H3,(H,21,26);2*1H. The molecule has 2 aromatic rings. The highest BCUT2D eigenvalue weighted by Crippen LogP contribution is 2.19. The number of piperidine rings is 1. The van der Waals surface area contributed by atoms with Crippen molar-refractivity contribution in [2.24, 2.45) is 11.7 Å².